The van der Waals surface area contributed by atoms with Crippen LogP contribution in [0.2, 0.25) is 0 Å². The molecule has 2 aromatic heterocycles. The van der Waals surface area contributed by atoms with Gasteiger partial charge < -0.3 is 14.2 Å². The lowest BCUT2D eigenvalue weighted by Crippen LogP contribution is -2.35. The highest BCUT2D eigenvalue weighted by molar-refractivity contribution is 5.59. The first-order valence-electron chi connectivity index (χ1n) is 8.61. The molecule has 2 aromatic rings. The highest BCUT2D eigenvalue weighted by Crippen LogP contribution is 2.27. The smallest absolute Gasteiger partial charge is 0.226 e. The Balaban J connectivity index is 1.56. The molecule has 0 radical (unpaired) electrons. The molecule has 25 heavy (non-hydrogen) atoms. The average molecular weight is 341 g/mol. The number of methoxy groups -OCH3 is 1. The topological polar surface area (TPSA) is 88.1 Å². The zero-order valence-electron chi connectivity index (χ0n) is 14.7. The van der Waals surface area contributed by atoms with Gasteiger partial charge in [-0.15, -0.1) is 0 Å². The second kappa shape index (κ2) is 8.08. The average Bonchev–Trinajstić information content (AvgIpc) is 3.08. The monoisotopic (exact) mass is 341 g/mol. The second-order valence-corrected chi connectivity index (χ2v) is 6.44. The highest BCUT2D eigenvalue weighted by atomic mass is 16.5. The van der Waals surface area contributed by atoms with Crippen molar-refractivity contribution in [3.8, 4) is 6.07 Å². The number of pyridine rings is 1. The van der Waals surface area contributed by atoms with E-state index in [1.165, 1.54) is 0 Å². The Labute approximate surface area is 147 Å². The first-order valence-corrected chi connectivity index (χ1v) is 8.61. The SMILES string of the molecule is COCCc1noc(CC2CCN(c3cc(C)ncc3C#N)CC2)n1. The van der Waals surface area contributed by atoms with Crippen LogP contribution in [0.5, 0.6) is 0 Å². The number of nitrogens with zero attached hydrogens (tertiary/aromatic N) is 5. The van der Waals surface area contributed by atoms with Crippen LogP contribution in [-0.2, 0) is 17.6 Å². The summed E-state index contributed by atoms with van der Waals surface area (Å²) in [5.41, 5.74) is 2.57. The summed E-state index contributed by atoms with van der Waals surface area (Å²) in [4.78, 5) is 10.9. The van der Waals surface area contributed by atoms with Crippen LogP contribution in [0.25, 0.3) is 0 Å². The molecular weight excluding hydrogens is 318 g/mol. The number of nitriles is 1. The number of rotatable bonds is 6. The maximum atomic E-state index is 9.30. The van der Waals surface area contributed by atoms with E-state index in [1.807, 2.05) is 13.0 Å². The number of aromatic nitrogens is 3. The van der Waals surface area contributed by atoms with Gasteiger partial charge in [-0.2, -0.15) is 10.2 Å². The minimum Gasteiger partial charge on any atom is -0.384 e. The van der Waals surface area contributed by atoms with Gasteiger partial charge in [-0.25, -0.2) is 0 Å². The number of hydrogen-bond acceptors (Lipinski definition) is 7. The summed E-state index contributed by atoms with van der Waals surface area (Å²) in [6.45, 7) is 4.40. The maximum absolute atomic E-state index is 9.30. The zero-order valence-corrected chi connectivity index (χ0v) is 14.7. The number of anilines is 1. The summed E-state index contributed by atoms with van der Waals surface area (Å²) in [6, 6.07) is 4.24. The second-order valence-electron chi connectivity index (χ2n) is 6.44. The van der Waals surface area contributed by atoms with Crippen molar-refractivity contribution >= 4 is 5.69 Å². The quantitative estimate of drug-likeness (QED) is 0.796. The fourth-order valence-electron chi connectivity index (χ4n) is 3.19. The minimum atomic E-state index is 0.528. The Morgan fingerprint density at radius 1 is 1.40 bits per heavy atom. The third-order valence-corrected chi connectivity index (χ3v) is 4.60. The molecule has 0 N–H and O–H groups in total. The molecule has 1 saturated heterocycles. The number of piperidine rings is 1. The van der Waals surface area contributed by atoms with Crippen LogP contribution < -0.4 is 4.90 Å². The van der Waals surface area contributed by atoms with Crippen LogP contribution in [0, 0.1) is 24.2 Å². The van der Waals surface area contributed by atoms with Gasteiger partial charge in [0.05, 0.1) is 17.9 Å². The van der Waals surface area contributed by atoms with E-state index >= 15 is 0 Å². The standard InChI is InChI=1S/C18H23N5O2/c1-13-9-16(15(11-19)12-20-13)23-6-3-14(4-7-23)10-18-21-17(22-25-18)5-8-24-2/h9,12,14H,3-8,10H2,1-2H3. The molecule has 0 saturated carbocycles. The van der Waals surface area contributed by atoms with Crippen LogP contribution in [0.1, 0.15) is 35.8 Å². The molecule has 0 bridgehead atoms. The maximum Gasteiger partial charge on any atom is 0.226 e. The molecule has 7 nitrogen and oxygen atoms in total. The van der Waals surface area contributed by atoms with E-state index < -0.39 is 0 Å². The van der Waals surface area contributed by atoms with Crippen LogP contribution in [0.15, 0.2) is 16.8 Å². The van der Waals surface area contributed by atoms with E-state index in [0.717, 1.165) is 43.7 Å². The number of aryl methyl sites for hydroxylation is 1. The van der Waals surface area contributed by atoms with E-state index in [4.69, 9.17) is 9.26 Å². The van der Waals surface area contributed by atoms with Crippen molar-refractivity contribution in [3.05, 3.63) is 35.2 Å². The van der Waals surface area contributed by atoms with Crippen molar-refractivity contribution in [3.63, 3.8) is 0 Å². The Morgan fingerprint density at radius 2 is 2.20 bits per heavy atom. The molecule has 0 atom stereocenters. The van der Waals surface area contributed by atoms with Gasteiger partial charge in [-0.05, 0) is 31.7 Å². The Morgan fingerprint density at radius 3 is 2.92 bits per heavy atom. The molecule has 0 amide bonds. The van der Waals surface area contributed by atoms with Gasteiger partial charge in [0, 0.05) is 44.9 Å². The van der Waals surface area contributed by atoms with Crippen molar-refractivity contribution < 1.29 is 9.26 Å². The molecule has 0 unspecified atom stereocenters. The summed E-state index contributed by atoms with van der Waals surface area (Å²) in [7, 11) is 1.66. The predicted octanol–water partition coefficient (Wildman–Crippen LogP) is 2.29. The third-order valence-electron chi connectivity index (χ3n) is 4.60. The number of ether oxygens (including phenoxy) is 1. The third kappa shape index (κ3) is 4.34. The summed E-state index contributed by atoms with van der Waals surface area (Å²) in [5, 5.41) is 13.3. The molecule has 3 rings (SSSR count). The minimum absolute atomic E-state index is 0.528. The molecule has 3 heterocycles. The fraction of sp³-hybridized carbons (Fsp3) is 0.556. The van der Waals surface area contributed by atoms with Crippen molar-refractivity contribution in [2.45, 2.75) is 32.6 Å². The lowest BCUT2D eigenvalue weighted by molar-refractivity contribution is 0.199. The molecule has 1 aliphatic heterocycles. The highest BCUT2D eigenvalue weighted by Gasteiger charge is 2.23. The molecule has 0 spiro atoms. The van der Waals surface area contributed by atoms with Gasteiger partial charge in [0.15, 0.2) is 5.82 Å². The van der Waals surface area contributed by atoms with E-state index in [2.05, 4.69) is 26.1 Å². The zero-order chi connectivity index (χ0) is 17.6. The van der Waals surface area contributed by atoms with Crippen LogP contribution in [0.3, 0.4) is 0 Å². The predicted molar refractivity (Wildman–Crippen MR) is 92.2 cm³/mol. The van der Waals surface area contributed by atoms with Crippen LogP contribution in [0.4, 0.5) is 5.69 Å². The van der Waals surface area contributed by atoms with Crippen molar-refractivity contribution in [2.75, 3.05) is 31.7 Å². The summed E-state index contributed by atoms with van der Waals surface area (Å²) in [5.74, 6) is 1.95. The molecule has 0 aliphatic carbocycles. The Kier molecular flexibility index (Phi) is 5.61. The summed E-state index contributed by atoms with van der Waals surface area (Å²) >= 11 is 0. The van der Waals surface area contributed by atoms with Crippen LogP contribution in [-0.4, -0.2) is 41.9 Å². The van der Waals surface area contributed by atoms with E-state index in [-0.39, 0.29) is 0 Å². The number of hydrogen-bond donors (Lipinski definition) is 0. The lowest BCUT2D eigenvalue weighted by Gasteiger charge is -2.33. The van der Waals surface area contributed by atoms with Gasteiger partial charge in [-0.1, -0.05) is 5.16 Å². The van der Waals surface area contributed by atoms with Crippen molar-refractivity contribution in [2.24, 2.45) is 5.92 Å². The van der Waals surface area contributed by atoms with Gasteiger partial charge in [0.1, 0.15) is 6.07 Å². The van der Waals surface area contributed by atoms with Crippen molar-refractivity contribution in [1.82, 2.24) is 15.1 Å². The van der Waals surface area contributed by atoms with E-state index in [0.29, 0.717) is 36.2 Å². The van der Waals surface area contributed by atoms with Gasteiger partial charge in [0.2, 0.25) is 5.89 Å². The first-order chi connectivity index (χ1) is 12.2. The fourth-order valence-corrected chi connectivity index (χ4v) is 3.19. The molecule has 1 fully saturated rings. The molecule has 132 valence electrons. The summed E-state index contributed by atoms with van der Waals surface area (Å²) in [6.07, 6.45) is 5.24. The van der Waals surface area contributed by atoms with Gasteiger partial charge in [-0.3, -0.25) is 4.98 Å². The molecule has 1 aliphatic rings. The Bertz CT molecular complexity index is 744. The normalized spacial score (nSPS) is 15.3. The van der Waals surface area contributed by atoms with E-state index in [9.17, 15) is 5.26 Å². The van der Waals surface area contributed by atoms with E-state index in [1.54, 1.807) is 13.3 Å². The molecular formula is C18H23N5O2. The summed E-state index contributed by atoms with van der Waals surface area (Å²) < 4.78 is 10.4. The van der Waals surface area contributed by atoms with Gasteiger partial charge in [0.25, 0.3) is 0 Å². The Hall–Kier alpha value is -2.46. The molecule has 0 aromatic carbocycles. The van der Waals surface area contributed by atoms with Gasteiger partial charge >= 0.3 is 0 Å². The molecule has 7 heteroatoms. The largest absolute Gasteiger partial charge is 0.384 e. The van der Waals surface area contributed by atoms with Crippen LogP contribution >= 0.6 is 0 Å². The lowest BCUT2D eigenvalue weighted by atomic mass is 9.93. The first kappa shape index (κ1) is 17.4. The van der Waals surface area contributed by atoms with Crippen molar-refractivity contribution in [1.29, 1.82) is 5.26 Å².